The van der Waals surface area contributed by atoms with Gasteiger partial charge in [-0.25, -0.2) is 15.0 Å². The van der Waals surface area contributed by atoms with Crippen LogP contribution >= 0.6 is 0 Å². The second-order valence-corrected chi connectivity index (χ2v) is 20.3. The Labute approximate surface area is 479 Å². The zero-order valence-electron chi connectivity index (χ0n) is 44.0. The van der Waals surface area contributed by atoms with E-state index in [1.807, 2.05) is 75.9 Å². The maximum atomic E-state index is 14.7. The van der Waals surface area contributed by atoms with Crippen LogP contribution in [0.5, 0.6) is 0 Å². The Bertz CT molecular complexity index is 4840. The number of hydrogen-bond acceptors (Lipinski definition) is 4. The number of aromatic nitrogens is 5. The Morgan fingerprint density at radius 2 is 0.686 bits per heavy atom. The van der Waals surface area contributed by atoms with Crippen molar-refractivity contribution in [3.05, 3.63) is 246 Å². The fraction of sp³-hybridized carbons (Fsp3) is 0.0588. The van der Waals surface area contributed by atoms with Gasteiger partial charge >= 0.3 is 24.7 Å². The van der Waals surface area contributed by atoms with Gasteiger partial charge in [0.25, 0.3) is 0 Å². The third-order valence-electron chi connectivity index (χ3n) is 15.1. The van der Waals surface area contributed by atoms with Gasteiger partial charge in [-0.3, -0.25) is 0 Å². The first-order chi connectivity index (χ1) is 41.1. The Morgan fingerprint density at radius 1 is 0.302 bits per heavy atom. The number of benzene rings is 10. The van der Waals surface area contributed by atoms with Gasteiger partial charge in [0.05, 0.1) is 67.3 Å². The van der Waals surface area contributed by atoms with Crippen LogP contribution in [-0.2, 0) is 24.7 Å². The molecule has 0 N–H and O–H groups in total. The summed E-state index contributed by atoms with van der Waals surface area (Å²) in [7, 11) is 0. The average molecular weight is 1170 g/mol. The summed E-state index contributed by atoms with van der Waals surface area (Å²) in [6, 6.07) is 57.2. The first-order valence-corrected chi connectivity index (χ1v) is 26.3. The molecule has 6 nitrogen and oxygen atoms in total. The summed E-state index contributed by atoms with van der Waals surface area (Å²) in [5, 5.41) is 12.7. The molecule has 13 aromatic rings. The molecule has 18 heteroatoms. The van der Waals surface area contributed by atoms with Crippen molar-refractivity contribution in [3.63, 3.8) is 0 Å². The first-order valence-electron chi connectivity index (χ1n) is 26.3. The fourth-order valence-electron chi connectivity index (χ4n) is 11.3. The maximum Gasteiger partial charge on any atom is 0.417 e. The summed E-state index contributed by atoms with van der Waals surface area (Å²) >= 11 is 0. The number of hydrogen-bond donors (Lipinski definition) is 0. The number of para-hydroxylation sites is 2. The van der Waals surface area contributed by atoms with Crippen LogP contribution in [0.1, 0.15) is 27.8 Å². The first kappa shape index (κ1) is 54.7. The van der Waals surface area contributed by atoms with Gasteiger partial charge in [0, 0.05) is 49.4 Å². The van der Waals surface area contributed by atoms with Crippen molar-refractivity contribution in [3.8, 4) is 85.0 Å². The number of rotatable bonds is 8. The molecule has 0 saturated heterocycles. The van der Waals surface area contributed by atoms with E-state index in [-0.39, 0.29) is 34.6 Å². The van der Waals surface area contributed by atoms with E-state index in [4.69, 9.17) is 15.0 Å². The van der Waals surface area contributed by atoms with Gasteiger partial charge in [-0.1, -0.05) is 121 Å². The summed E-state index contributed by atoms with van der Waals surface area (Å²) < 4.78 is 175. The van der Waals surface area contributed by atoms with E-state index in [1.165, 1.54) is 24.3 Å². The molecule has 0 aliphatic heterocycles. The lowest BCUT2D eigenvalue weighted by Gasteiger charge is -2.20. The van der Waals surface area contributed by atoms with Crippen molar-refractivity contribution in [2.24, 2.45) is 0 Å². The molecule has 0 bridgehead atoms. The summed E-state index contributed by atoms with van der Waals surface area (Å²) in [6.45, 7) is 0. The van der Waals surface area contributed by atoms with E-state index in [1.54, 1.807) is 91.0 Å². The fourth-order valence-corrected chi connectivity index (χ4v) is 11.3. The van der Waals surface area contributed by atoms with Crippen LogP contribution in [0.25, 0.3) is 123 Å². The Morgan fingerprint density at radius 3 is 1.12 bits per heavy atom. The van der Waals surface area contributed by atoms with Crippen LogP contribution in [0, 0.1) is 11.3 Å². The smallest absolute Gasteiger partial charge is 0.309 e. The van der Waals surface area contributed by atoms with Crippen LogP contribution in [0.4, 0.5) is 52.7 Å². The third kappa shape index (κ3) is 9.69. The molecule has 422 valence electrons. The van der Waals surface area contributed by atoms with E-state index in [0.717, 1.165) is 12.1 Å². The van der Waals surface area contributed by atoms with E-state index in [2.05, 4.69) is 6.07 Å². The summed E-state index contributed by atoms with van der Waals surface area (Å²) in [5.74, 6) is 0.921. The van der Waals surface area contributed by atoms with Crippen molar-refractivity contribution in [1.82, 2.24) is 24.1 Å². The molecule has 0 aliphatic rings. The molecule has 0 fully saturated rings. The van der Waals surface area contributed by atoms with E-state index < -0.39 is 58.1 Å². The molecule has 86 heavy (non-hydrogen) atoms. The number of nitrogens with zero attached hydrogens (tertiary/aromatic N) is 6. The second-order valence-electron chi connectivity index (χ2n) is 20.3. The number of alkyl halides is 12. The molecule has 0 spiro atoms. The van der Waals surface area contributed by atoms with Crippen LogP contribution in [0.15, 0.2) is 218 Å². The Balaban J connectivity index is 1.09. The molecule has 0 unspecified atom stereocenters. The molecule has 0 saturated carbocycles. The summed E-state index contributed by atoms with van der Waals surface area (Å²) in [6.07, 6.45) is -20.4. The minimum Gasteiger partial charge on any atom is -0.309 e. The largest absolute Gasteiger partial charge is 0.417 e. The highest BCUT2D eigenvalue weighted by molar-refractivity contribution is 6.13. The normalized spacial score (nSPS) is 12.4. The highest BCUT2D eigenvalue weighted by Crippen LogP contribution is 2.48. The summed E-state index contributed by atoms with van der Waals surface area (Å²) in [5.41, 5.74) is -1.05. The topological polar surface area (TPSA) is 72.3 Å². The van der Waals surface area contributed by atoms with Crippen molar-refractivity contribution in [2.45, 2.75) is 24.7 Å². The van der Waals surface area contributed by atoms with Gasteiger partial charge in [0.2, 0.25) is 0 Å². The molecule has 0 amide bonds. The molecule has 0 radical (unpaired) electrons. The van der Waals surface area contributed by atoms with Crippen LogP contribution in [-0.4, -0.2) is 24.1 Å². The van der Waals surface area contributed by atoms with Gasteiger partial charge in [-0.2, -0.15) is 57.9 Å². The van der Waals surface area contributed by atoms with Crippen LogP contribution < -0.4 is 0 Å². The molecular formula is C68H36F12N6. The van der Waals surface area contributed by atoms with Gasteiger partial charge in [0.1, 0.15) is 0 Å². The van der Waals surface area contributed by atoms with Gasteiger partial charge in [0.15, 0.2) is 17.5 Å². The van der Waals surface area contributed by atoms with E-state index in [9.17, 15) is 57.9 Å². The Kier molecular flexibility index (Phi) is 13.0. The maximum absolute atomic E-state index is 14.7. The molecule has 0 atom stereocenters. The van der Waals surface area contributed by atoms with Crippen LogP contribution in [0.2, 0.25) is 0 Å². The highest BCUT2D eigenvalue weighted by Gasteiger charge is 2.40. The van der Waals surface area contributed by atoms with Crippen LogP contribution in [0.3, 0.4) is 0 Å². The Hall–Kier alpha value is -10.5. The minimum atomic E-state index is -5.17. The highest BCUT2D eigenvalue weighted by atomic mass is 19.4. The molecule has 0 aliphatic carbocycles. The molecule has 10 aromatic carbocycles. The second kappa shape index (κ2) is 20.4. The average Bonchev–Trinajstić information content (AvgIpc) is 1.61. The van der Waals surface area contributed by atoms with E-state index in [0.29, 0.717) is 107 Å². The van der Waals surface area contributed by atoms with Crippen molar-refractivity contribution in [1.29, 1.82) is 5.26 Å². The lowest BCUT2D eigenvalue weighted by Crippen LogP contribution is -2.12. The predicted molar refractivity (Wildman–Crippen MR) is 306 cm³/mol. The standard InChI is InChI=1S/C68H36F12N6/c69-65(70,71)44-23-25-46(54(35-44)67(75,76)77)41-20-28-59-51(32-41)48-15-7-9-17-56(48)85(59)58-27-19-38(37-81)31-50(58)53-34-43(64-83-62(39-11-3-1-4-12-39)82-63(84-64)40-13-5-2-6-14-40)22-30-61(53)86-57-18-10-8-16-49(57)52-33-42(21-29-60(52)86)47-26-24-45(66(72,73)74)36-55(47)68(78,79)80/h1-36H. The minimum absolute atomic E-state index is 0.0122. The number of halogens is 12. The monoisotopic (exact) mass is 1160 g/mol. The van der Waals surface area contributed by atoms with Gasteiger partial charge < -0.3 is 9.13 Å². The molecular weight excluding hydrogens is 1130 g/mol. The van der Waals surface area contributed by atoms with Crippen molar-refractivity contribution in [2.75, 3.05) is 0 Å². The number of nitriles is 1. The molecule has 3 aromatic heterocycles. The molecule has 13 rings (SSSR count). The third-order valence-corrected chi connectivity index (χ3v) is 15.1. The SMILES string of the molecule is N#Cc1ccc(-n2c3ccccc3c3cc(-c4ccc(C(F)(F)F)cc4C(F)(F)F)ccc32)c(-c2cc(-c3nc(-c4ccccc4)nc(-c4ccccc4)n3)ccc2-n2c3ccccc3c3cc(-c4ccc(C(F)(F)F)cc4C(F)(F)F)ccc32)c1. The zero-order valence-corrected chi connectivity index (χ0v) is 44.0. The van der Waals surface area contributed by atoms with E-state index >= 15 is 0 Å². The number of fused-ring (bicyclic) bond motifs is 6. The predicted octanol–water partition coefficient (Wildman–Crippen LogP) is 20.0. The lowest BCUT2D eigenvalue weighted by atomic mass is 9.95. The summed E-state index contributed by atoms with van der Waals surface area (Å²) in [4.78, 5) is 14.9. The van der Waals surface area contributed by atoms with Crippen molar-refractivity contribution < 1.29 is 52.7 Å². The van der Waals surface area contributed by atoms with Gasteiger partial charge in [-0.05, 0) is 119 Å². The molecule has 3 heterocycles. The zero-order chi connectivity index (χ0) is 60.0. The van der Waals surface area contributed by atoms with Crippen molar-refractivity contribution >= 4 is 43.6 Å². The lowest BCUT2D eigenvalue weighted by molar-refractivity contribution is -0.144. The van der Waals surface area contributed by atoms with Gasteiger partial charge in [-0.15, -0.1) is 0 Å². The quantitative estimate of drug-likeness (QED) is 0.142.